The predicted molar refractivity (Wildman–Crippen MR) is 77.9 cm³/mol. The van der Waals surface area contributed by atoms with Crippen molar-refractivity contribution in [3.8, 4) is 11.5 Å². The lowest BCUT2D eigenvalue weighted by atomic mass is 10.0. The summed E-state index contributed by atoms with van der Waals surface area (Å²) in [6.07, 6.45) is 0. The molecule has 100 valence electrons. The summed E-state index contributed by atoms with van der Waals surface area (Å²) >= 11 is 0. The first-order chi connectivity index (χ1) is 9.20. The van der Waals surface area contributed by atoms with Crippen LogP contribution in [-0.2, 0) is 6.61 Å². The first-order valence-corrected chi connectivity index (χ1v) is 6.55. The lowest BCUT2D eigenvalue weighted by Gasteiger charge is -2.15. The second kappa shape index (κ2) is 6.28. The smallest absolute Gasteiger partial charge is 0.123 e. The Kier molecular flexibility index (Phi) is 4.45. The highest BCUT2D eigenvalue weighted by atomic mass is 16.5. The van der Waals surface area contributed by atoms with Crippen molar-refractivity contribution in [2.45, 2.75) is 26.4 Å². The highest BCUT2D eigenvalue weighted by molar-refractivity contribution is 5.42. The van der Waals surface area contributed by atoms with Crippen LogP contribution >= 0.6 is 0 Å². The monoisotopic (exact) mass is 256 g/mol. The zero-order chi connectivity index (χ0) is 13.7. The van der Waals surface area contributed by atoms with Crippen molar-refractivity contribution in [1.29, 1.82) is 0 Å². The number of hydrogen-bond acceptors (Lipinski definition) is 2. The second-order valence-electron chi connectivity index (χ2n) is 4.83. The molecule has 0 saturated heterocycles. The van der Waals surface area contributed by atoms with Crippen LogP contribution in [0.3, 0.4) is 0 Å². The Morgan fingerprint density at radius 3 is 2.37 bits per heavy atom. The molecule has 2 rings (SSSR count). The first-order valence-electron chi connectivity index (χ1n) is 6.55. The van der Waals surface area contributed by atoms with Gasteiger partial charge in [-0.3, -0.25) is 0 Å². The second-order valence-corrected chi connectivity index (χ2v) is 4.83. The van der Waals surface area contributed by atoms with Crippen LogP contribution in [0.4, 0.5) is 0 Å². The van der Waals surface area contributed by atoms with Gasteiger partial charge in [-0.1, -0.05) is 44.2 Å². The zero-order valence-corrected chi connectivity index (χ0v) is 11.7. The average molecular weight is 256 g/mol. The summed E-state index contributed by atoms with van der Waals surface area (Å²) in [7, 11) is 1.68. The maximum absolute atomic E-state index is 5.93. The van der Waals surface area contributed by atoms with E-state index in [1.165, 1.54) is 11.1 Å². The van der Waals surface area contributed by atoms with Crippen molar-refractivity contribution in [3.63, 3.8) is 0 Å². The molecule has 19 heavy (non-hydrogen) atoms. The summed E-state index contributed by atoms with van der Waals surface area (Å²) in [6, 6.07) is 16.2. The minimum absolute atomic E-state index is 0.404. The number of rotatable bonds is 5. The van der Waals surface area contributed by atoms with Crippen molar-refractivity contribution < 1.29 is 9.47 Å². The molecule has 0 heterocycles. The van der Waals surface area contributed by atoms with E-state index in [-0.39, 0.29) is 0 Å². The molecule has 0 saturated carbocycles. The summed E-state index contributed by atoms with van der Waals surface area (Å²) in [4.78, 5) is 0. The van der Waals surface area contributed by atoms with Crippen molar-refractivity contribution in [2.75, 3.05) is 7.11 Å². The molecule has 2 heteroatoms. The van der Waals surface area contributed by atoms with Gasteiger partial charge in [0.1, 0.15) is 18.1 Å². The third kappa shape index (κ3) is 3.50. The van der Waals surface area contributed by atoms with E-state index in [2.05, 4.69) is 26.0 Å². The number of benzene rings is 2. The van der Waals surface area contributed by atoms with Crippen LogP contribution in [0.5, 0.6) is 11.5 Å². The minimum Gasteiger partial charge on any atom is -0.497 e. The number of methoxy groups -OCH3 is 1. The van der Waals surface area contributed by atoms with Crippen molar-refractivity contribution in [1.82, 2.24) is 0 Å². The van der Waals surface area contributed by atoms with Gasteiger partial charge in [0.2, 0.25) is 0 Å². The molecule has 0 amide bonds. The van der Waals surface area contributed by atoms with E-state index in [4.69, 9.17) is 9.47 Å². The molecule has 0 fully saturated rings. The van der Waals surface area contributed by atoms with Gasteiger partial charge in [0.05, 0.1) is 7.11 Å². The van der Waals surface area contributed by atoms with Gasteiger partial charge >= 0.3 is 0 Å². The quantitative estimate of drug-likeness (QED) is 0.789. The molecule has 2 aromatic rings. The number of hydrogen-bond donors (Lipinski definition) is 0. The largest absolute Gasteiger partial charge is 0.497 e. The van der Waals surface area contributed by atoms with E-state index in [1.54, 1.807) is 7.11 Å². The van der Waals surface area contributed by atoms with Gasteiger partial charge in [0.25, 0.3) is 0 Å². The topological polar surface area (TPSA) is 18.5 Å². The molecular formula is C17H20O2. The standard InChI is InChI=1S/C17H20O2/c1-13(2)16-11-15(18-3)9-10-17(16)19-12-14-7-5-4-6-8-14/h4-11,13H,12H2,1-3H3. The summed E-state index contributed by atoms with van der Waals surface area (Å²) in [5.74, 6) is 2.20. The molecular weight excluding hydrogens is 236 g/mol. The van der Waals surface area contributed by atoms with Crippen LogP contribution in [0.2, 0.25) is 0 Å². The Labute approximate surface area is 115 Å². The fourth-order valence-electron chi connectivity index (χ4n) is 1.97. The molecule has 2 aromatic carbocycles. The molecule has 0 atom stereocenters. The van der Waals surface area contributed by atoms with Gasteiger partial charge in [-0.2, -0.15) is 0 Å². The molecule has 0 aliphatic heterocycles. The normalized spacial score (nSPS) is 10.5. The molecule has 0 aliphatic carbocycles. The Morgan fingerprint density at radius 1 is 1.00 bits per heavy atom. The van der Waals surface area contributed by atoms with Crippen LogP contribution < -0.4 is 9.47 Å². The van der Waals surface area contributed by atoms with Gasteiger partial charge in [0, 0.05) is 5.56 Å². The minimum atomic E-state index is 0.404. The van der Waals surface area contributed by atoms with Gasteiger partial charge in [-0.25, -0.2) is 0 Å². The van der Waals surface area contributed by atoms with Crippen LogP contribution in [0.25, 0.3) is 0 Å². The maximum atomic E-state index is 5.93. The molecule has 0 N–H and O–H groups in total. The predicted octanol–water partition coefficient (Wildman–Crippen LogP) is 4.40. The van der Waals surface area contributed by atoms with Gasteiger partial charge in [-0.15, -0.1) is 0 Å². The lowest BCUT2D eigenvalue weighted by molar-refractivity contribution is 0.301. The molecule has 2 nitrogen and oxygen atoms in total. The summed E-state index contributed by atoms with van der Waals surface area (Å²) < 4.78 is 11.2. The molecule has 0 aliphatic rings. The SMILES string of the molecule is COc1ccc(OCc2ccccc2)c(C(C)C)c1. The first kappa shape index (κ1) is 13.5. The Balaban J connectivity index is 2.15. The highest BCUT2D eigenvalue weighted by Gasteiger charge is 2.09. The highest BCUT2D eigenvalue weighted by Crippen LogP contribution is 2.30. The summed E-state index contributed by atoms with van der Waals surface area (Å²) in [5.41, 5.74) is 2.35. The maximum Gasteiger partial charge on any atom is 0.123 e. The zero-order valence-electron chi connectivity index (χ0n) is 11.7. The van der Waals surface area contributed by atoms with Gasteiger partial charge < -0.3 is 9.47 Å². The van der Waals surface area contributed by atoms with Crippen molar-refractivity contribution in [3.05, 3.63) is 59.7 Å². The summed E-state index contributed by atoms with van der Waals surface area (Å²) in [5, 5.41) is 0. The lowest BCUT2D eigenvalue weighted by Crippen LogP contribution is -2.00. The van der Waals surface area contributed by atoms with Crippen LogP contribution in [-0.4, -0.2) is 7.11 Å². The van der Waals surface area contributed by atoms with E-state index >= 15 is 0 Å². The Hall–Kier alpha value is -1.96. The van der Waals surface area contributed by atoms with E-state index in [1.807, 2.05) is 36.4 Å². The molecule has 0 bridgehead atoms. The van der Waals surface area contributed by atoms with Crippen LogP contribution in [0.15, 0.2) is 48.5 Å². The average Bonchev–Trinajstić information content (AvgIpc) is 2.46. The fourth-order valence-corrected chi connectivity index (χ4v) is 1.97. The number of ether oxygens (including phenoxy) is 2. The van der Waals surface area contributed by atoms with Crippen molar-refractivity contribution in [2.24, 2.45) is 0 Å². The van der Waals surface area contributed by atoms with E-state index < -0.39 is 0 Å². The molecule has 0 unspecified atom stereocenters. The van der Waals surface area contributed by atoms with Crippen LogP contribution in [0, 0.1) is 0 Å². The van der Waals surface area contributed by atoms with E-state index in [9.17, 15) is 0 Å². The molecule has 0 radical (unpaired) electrons. The van der Waals surface area contributed by atoms with Crippen LogP contribution in [0.1, 0.15) is 30.9 Å². The summed E-state index contributed by atoms with van der Waals surface area (Å²) in [6.45, 7) is 4.90. The molecule has 0 spiro atoms. The third-order valence-corrected chi connectivity index (χ3v) is 3.08. The Morgan fingerprint density at radius 2 is 1.74 bits per heavy atom. The fraction of sp³-hybridized carbons (Fsp3) is 0.294. The Bertz CT molecular complexity index is 518. The van der Waals surface area contributed by atoms with Gasteiger partial charge in [-0.05, 0) is 29.7 Å². The third-order valence-electron chi connectivity index (χ3n) is 3.08. The van der Waals surface area contributed by atoms with E-state index in [0.717, 1.165) is 11.5 Å². The van der Waals surface area contributed by atoms with Gasteiger partial charge in [0.15, 0.2) is 0 Å². The van der Waals surface area contributed by atoms with Crippen molar-refractivity contribution >= 4 is 0 Å². The molecule has 0 aromatic heterocycles. The van der Waals surface area contributed by atoms with E-state index in [0.29, 0.717) is 12.5 Å².